The summed E-state index contributed by atoms with van der Waals surface area (Å²) in [6.45, 7) is 1.86. The monoisotopic (exact) mass is 439 g/mol. The minimum atomic E-state index is -3.57. The van der Waals surface area contributed by atoms with Crippen LogP contribution in [-0.4, -0.2) is 30.3 Å². The lowest BCUT2D eigenvalue weighted by Gasteiger charge is -2.04. The first-order chi connectivity index (χ1) is 13.2. The third-order valence-electron chi connectivity index (χ3n) is 3.76. The van der Waals surface area contributed by atoms with Crippen LogP contribution in [0, 0.1) is 6.92 Å². The molecule has 1 aromatic heterocycles. The van der Waals surface area contributed by atoms with Crippen LogP contribution in [-0.2, 0) is 14.6 Å². The maximum Gasteiger partial charge on any atom is 0.322 e. The SMILES string of the molecule is Cc1ccc(S(=O)(=O)CCC(=O)Nc2nnc(-c3cc(Cl)cc(Cl)c3)o2)cc1. The van der Waals surface area contributed by atoms with Gasteiger partial charge in [-0.3, -0.25) is 10.1 Å². The fourth-order valence-electron chi connectivity index (χ4n) is 2.34. The Morgan fingerprint density at radius 2 is 1.71 bits per heavy atom. The van der Waals surface area contributed by atoms with Gasteiger partial charge in [-0.25, -0.2) is 8.42 Å². The number of sulfone groups is 1. The van der Waals surface area contributed by atoms with Gasteiger partial charge in [0.25, 0.3) is 0 Å². The zero-order valence-corrected chi connectivity index (χ0v) is 17.0. The van der Waals surface area contributed by atoms with Crippen molar-refractivity contribution in [2.45, 2.75) is 18.2 Å². The molecule has 3 aromatic rings. The number of benzene rings is 2. The number of anilines is 1. The fourth-order valence-corrected chi connectivity index (χ4v) is 4.11. The lowest BCUT2D eigenvalue weighted by molar-refractivity contribution is -0.115. The van der Waals surface area contributed by atoms with Gasteiger partial charge in [0.05, 0.1) is 10.6 Å². The smallest absolute Gasteiger partial charge is 0.322 e. The van der Waals surface area contributed by atoms with E-state index in [0.717, 1.165) is 5.56 Å². The first kappa shape index (κ1) is 20.3. The Hall–Kier alpha value is -2.42. The highest BCUT2D eigenvalue weighted by molar-refractivity contribution is 7.91. The second-order valence-electron chi connectivity index (χ2n) is 6.00. The maximum absolute atomic E-state index is 12.3. The fraction of sp³-hybridized carbons (Fsp3) is 0.167. The summed E-state index contributed by atoms with van der Waals surface area (Å²) in [4.78, 5) is 12.2. The van der Waals surface area contributed by atoms with E-state index in [0.29, 0.717) is 15.6 Å². The van der Waals surface area contributed by atoms with Crippen LogP contribution in [0.4, 0.5) is 6.01 Å². The Kier molecular flexibility index (Phi) is 6.02. The van der Waals surface area contributed by atoms with Crippen LogP contribution >= 0.6 is 23.2 Å². The van der Waals surface area contributed by atoms with Crippen LogP contribution in [0.1, 0.15) is 12.0 Å². The average Bonchev–Trinajstić information content (AvgIpc) is 3.08. The van der Waals surface area contributed by atoms with Crippen LogP contribution in [0.3, 0.4) is 0 Å². The van der Waals surface area contributed by atoms with Gasteiger partial charge in [-0.1, -0.05) is 46.0 Å². The first-order valence-corrected chi connectivity index (χ1v) is 10.5. The molecule has 1 amide bonds. The van der Waals surface area contributed by atoms with Crippen molar-refractivity contribution >= 4 is 45.0 Å². The normalized spacial score (nSPS) is 11.4. The standard InChI is InChI=1S/C18H15Cl2N3O4S/c1-11-2-4-15(5-3-11)28(25,26)7-6-16(24)21-18-23-22-17(27-18)12-8-13(19)10-14(20)9-12/h2-5,8-10H,6-7H2,1H3,(H,21,23,24). The van der Waals surface area contributed by atoms with E-state index in [1.165, 1.54) is 12.1 Å². The largest absolute Gasteiger partial charge is 0.403 e. The maximum atomic E-state index is 12.3. The summed E-state index contributed by atoms with van der Waals surface area (Å²) in [5.41, 5.74) is 1.44. The molecule has 0 aliphatic rings. The summed E-state index contributed by atoms with van der Waals surface area (Å²) in [5, 5.41) is 10.7. The molecule has 146 valence electrons. The summed E-state index contributed by atoms with van der Waals surface area (Å²) >= 11 is 11.9. The topological polar surface area (TPSA) is 102 Å². The first-order valence-electron chi connectivity index (χ1n) is 8.12. The molecule has 0 spiro atoms. The van der Waals surface area contributed by atoms with Crippen molar-refractivity contribution in [3.63, 3.8) is 0 Å². The molecule has 2 aromatic carbocycles. The van der Waals surface area contributed by atoms with Gasteiger partial charge in [0.15, 0.2) is 9.84 Å². The van der Waals surface area contributed by atoms with Gasteiger partial charge < -0.3 is 4.42 Å². The van der Waals surface area contributed by atoms with Gasteiger partial charge in [-0.05, 0) is 37.3 Å². The Morgan fingerprint density at radius 3 is 2.36 bits per heavy atom. The third-order valence-corrected chi connectivity index (χ3v) is 5.93. The minimum absolute atomic E-state index is 0.118. The zero-order chi connectivity index (χ0) is 20.3. The van der Waals surface area contributed by atoms with E-state index in [9.17, 15) is 13.2 Å². The summed E-state index contributed by atoms with van der Waals surface area (Å²) < 4.78 is 30.0. The quantitative estimate of drug-likeness (QED) is 0.618. The molecule has 7 nitrogen and oxygen atoms in total. The Labute approximate surface area is 171 Å². The molecule has 3 rings (SSSR count). The molecule has 28 heavy (non-hydrogen) atoms. The van der Waals surface area contributed by atoms with Crippen LogP contribution in [0.5, 0.6) is 0 Å². The van der Waals surface area contributed by atoms with Gasteiger partial charge in [0, 0.05) is 22.0 Å². The Bertz CT molecular complexity index is 1090. The molecule has 0 atom stereocenters. The number of rotatable bonds is 6. The van der Waals surface area contributed by atoms with Crippen molar-refractivity contribution in [3.8, 4) is 11.5 Å². The summed E-state index contributed by atoms with van der Waals surface area (Å²) in [7, 11) is -3.57. The van der Waals surface area contributed by atoms with Crippen LogP contribution in [0.15, 0.2) is 51.8 Å². The molecule has 0 unspecified atom stereocenters. The van der Waals surface area contributed by atoms with Gasteiger partial charge >= 0.3 is 6.01 Å². The molecule has 10 heteroatoms. The van der Waals surface area contributed by atoms with Crippen molar-refractivity contribution in [3.05, 3.63) is 58.1 Å². The molecule has 0 aliphatic carbocycles. The highest BCUT2D eigenvalue weighted by Crippen LogP contribution is 2.27. The number of amides is 1. The van der Waals surface area contributed by atoms with E-state index in [4.69, 9.17) is 27.6 Å². The lowest BCUT2D eigenvalue weighted by atomic mass is 10.2. The number of aryl methyl sites for hydroxylation is 1. The van der Waals surface area contributed by atoms with Gasteiger partial charge in [-0.15, -0.1) is 5.10 Å². The predicted molar refractivity (Wildman–Crippen MR) is 106 cm³/mol. The van der Waals surface area contributed by atoms with Crippen molar-refractivity contribution in [1.82, 2.24) is 10.2 Å². The lowest BCUT2D eigenvalue weighted by Crippen LogP contribution is -2.17. The van der Waals surface area contributed by atoms with Gasteiger partial charge in [0.1, 0.15) is 0 Å². The molecule has 0 saturated heterocycles. The van der Waals surface area contributed by atoms with Crippen LogP contribution in [0.2, 0.25) is 10.0 Å². The molecule has 1 N–H and O–H groups in total. The summed E-state index contributed by atoms with van der Waals surface area (Å²) in [6, 6.07) is 11.0. The van der Waals surface area contributed by atoms with E-state index < -0.39 is 15.7 Å². The second-order valence-corrected chi connectivity index (χ2v) is 8.98. The second kappa shape index (κ2) is 8.30. The Morgan fingerprint density at radius 1 is 1.07 bits per heavy atom. The molecular weight excluding hydrogens is 425 g/mol. The molecule has 0 saturated carbocycles. The van der Waals surface area contributed by atoms with Crippen molar-refractivity contribution < 1.29 is 17.6 Å². The number of carbonyl (C=O) groups excluding carboxylic acids is 1. The number of carbonyl (C=O) groups is 1. The molecule has 0 bridgehead atoms. The Balaban J connectivity index is 1.62. The highest BCUT2D eigenvalue weighted by atomic mass is 35.5. The number of hydrogen-bond acceptors (Lipinski definition) is 6. The van der Waals surface area contributed by atoms with E-state index >= 15 is 0 Å². The van der Waals surface area contributed by atoms with E-state index in [1.807, 2.05) is 6.92 Å². The van der Waals surface area contributed by atoms with E-state index in [2.05, 4.69) is 15.5 Å². The molecule has 0 radical (unpaired) electrons. The minimum Gasteiger partial charge on any atom is -0.403 e. The number of aromatic nitrogens is 2. The van der Waals surface area contributed by atoms with Gasteiger partial charge in [-0.2, -0.15) is 0 Å². The van der Waals surface area contributed by atoms with Crippen LogP contribution in [0.25, 0.3) is 11.5 Å². The molecule has 1 heterocycles. The summed E-state index contributed by atoms with van der Waals surface area (Å²) in [5.74, 6) is -0.783. The zero-order valence-electron chi connectivity index (χ0n) is 14.6. The third kappa shape index (κ3) is 5.09. The van der Waals surface area contributed by atoms with Crippen molar-refractivity contribution in [1.29, 1.82) is 0 Å². The molecule has 0 aliphatic heterocycles. The van der Waals surface area contributed by atoms with Crippen molar-refractivity contribution in [2.75, 3.05) is 11.1 Å². The summed E-state index contributed by atoms with van der Waals surface area (Å²) in [6.07, 6.45) is -0.253. The van der Waals surface area contributed by atoms with E-state index in [1.54, 1.807) is 30.3 Å². The van der Waals surface area contributed by atoms with Crippen molar-refractivity contribution in [2.24, 2.45) is 0 Å². The molecule has 0 fully saturated rings. The average molecular weight is 440 g/mol. The number of nitrogens with one attached hydrogen (secondary N) is 1. The number of halogens is 2. The highest BCUT2D eigenvalue weighted by Gasteiger charge is 2.18. The van der Waals surface area contributed by atoms with Gasteiger partial charge in [0.2, 0.25) is 11.8 Å². The van der Waals surface area contributed by atoms with Crippen LogP contribution < -0.4 is 5.32 Å². The van der Waals surface area contributed by atoms with E-state index in [-0.39, 0.29) is 29.0 Å². The number of nitrogens with zero attached hydrogens (tertiary/aromatic N) is 2. The predicted octanol–water partition coefficient (Wildman–Crippen LogP) is 4.15. The molecular formula is C18H15Cl2N3O4S. The number of hydrogen-bond donors (Lipinski definition) is 1.